The highest BCUT2D eigenvalue weighted by Gasteiger charge is 2.22. The summed E-state index contributed by atoms with van der Waals surface area (Å²) < 4.78 is 0. The van der Waals surface area contributed by atoms with Gasteiger partial charge in [-0.05, 0) is 39.2 Å². The van der Waals surface area contributed by atoms with Gasteiger partial charge < -0.3 is 15.4 Å². The van der Waals surface area contributed by atoms with Gasteiger partial charge in [0, 0.05) is 23.7 Å². The van der Waals surface area contributed by atoms with Crippen molar-refractivity contribution >= 4 is 17.7 Å². The fourth-order valence-corrected chi connectivity index (χ4v) is 2.41. The number of nitrogens with one attached hydrogen (secondary N) is 2. The number of H-pyrrole nitrogens is 1. The van der Waals surface area contributed by atoms with Gasteiger partial charge >= 0.3 is 5.97 Å². The molecule has 0 radical (unpaired) electrons. The third-order valence-electron chi connectivity index (χ3n) is 3.39. The molecule has 21 heavy (non-hydrogen) atoms. The number of aliphatic carboxylic acids is 1. The lowest BCUT2D eigenvalue weighted by Gasteiger charge is -2.13. The molecule has 6 heteroatoms. The molecule has 0 saturated heterocycles. The molecule has 1 atom stereocenters. The zero-order chi connectivity index (χ0) is 16.2. The maximum atomic E-state index is 12.3. The predicted octanol–water partition coefficient (Wildman–Crippen LogP) is 2.07. The summed E-state index contributed by atoms with van der Waals surface area (Å²) in [5, 5.41) is 11.4. The number of aromatic nitrogens is 1. The van der Waals surface area contributed by atoms with Gasteiger partial charge in [-0.1, -0.05) is 6.92 Å². The molecule has 1 aromatic heterocycles. The number of hydrogen-bond donors (Lipinski definition) is 3. The van der Waals surface area contributed by atoms with Crippen LogP contribution in [0.25, 0.3) is 0 Å². The van der Waals surface area contributed by atoms with E-state index >= 15 is 0 Å². The maximum absolute atomic E-state index is 12.3. The van der Waals surface area contributed by atoms with Crippen LogP contribution in [0, 0.1) is 6.92 Å². The molecule has 0 fully saturated rings. The Hall–Kier alpha value is -2.11. The van der Waals surface area contributed by atoms with E-state index in [4.69, 9.17) is 5.11 Å². The third-order valence-corrected chi connectivity index (χ3v) is 3.39. The van der Waals surface area contributed by atoms with E-state index in [1.54, 1.807) is 13.8 Å². The summed E-state index contributed by atoms with van der Waals surface area (Å²) >= 11 is 0. The van der Waals surface area contributed by atoms with Crippen molar-refractivity contribution in [3.63, 3.8) is 0 Å². The number of ketones is 1. The van der Waals surface area contributed by atoms with E-state index in [9.17, 15) is 14.4 Å². The number of amides is 1. The molecule has 1 heterocycles. The minimum absolute atomic E-state index is 0.00450. The predicted molar refractivity (Wildman–Crippen MR) is 78.7 cm³/mol. The number of carboxylic acid groups (broad SMARTS) is 1. The van der Waals surface area contributed by atoms with Crippen LogP contribution in [0.15, 0.2) is 0 Å². The maximum Gasteiger partial charge on any atom is 0.303 e. The normalized spacial score (nSPS) is 12.0. The van der Waals surface area contributed by atoms with Crippen LogP contribution in [0.2, 0.25) is 0 Å². The van der Waals surface area contributed by atoms with E-state index in [0.717, 1.165) is 0 Å². The van der Waals surface area contributed by atoms with Crippen molar-refractivity contribution in [1.29, 1.82) is 0 Å². The molecule has 0 spiro atoms. The number of hydrogen-bond acceptors (Lipinski definition) is 3. The van der Waals surface area contributed by atoms with Gasteiger partial charge in [-0.2, -0.15) is 0 Å². The second-order valence-corrected chi connectivity index (χ2v) is 5.20. The first-order valence-corrected chi connectivity index (χ1v) is 7.02. The molecule has 0 aliphatic rings. The molecule has 1 amide bonds. The largest absolute Gasteiger partial charge is 0.481 e. The topological polar surface area (TPSA) is 99.3 Å². The van der Waals surface area contributed by atoms with Crippen molar-refractivity contribution in [2.24, 2.45) is 0 Å². The van der Waals surface area contributed by atoms with Crippen molar-refractivity contribution in [3.8, 4) is 0 Å². The smallest absolute Gasteiger partial charge is 0.303 e. The minimum Gasteiger partial charge on any atom is -0.481 e. The summed E-state index contributed by atoms with van der Waals surface area (Å²) in [6, 6.07) is -0.248. The second kappa shape index (κ2) is 7.06. The van der Waals surface area contributed by atoms with Crippen LogP contribution < -0.4 is 5.32 Å². The van der Waals surface area contributed by atoms with Crippen molar-refractivity contribution in [2.45, 2.75) is 53.0 Å². The Labute approximate surface area is 123 Å². The van der Waals surface area contributed by atoms with E-state index in [0.29, 0.717) is 35.4 Å². The van der Waals surface area contributed by atoms with Gasteiger partial charge in [-0.25, -0.2) is 0 Å². The highest BCUT2D eigenvalue weighted by Crippen LogP contribution is 2.20. The van der Waals surface area contributed by atoms with Crippen molar-refractivity contribution in [1.82, 2.24) is 10.3 Å². The van der Waals surface area contributed by atoms with E-state index in [-0.39, 0.29) is 24.2 Å². The minimum atomic E-state index is -0.889. The van der Waals surface area contributed by atoms with Crippen molar-refractivity contribution in [3.05, 3.63) is 22.5 Å². The Kier molecular flexibility index (Phi) is 5.69. The van der Waals surface area contributed by atoms with E-state index < -0.39 is 5.97 Å². The quantitative estimate of drug-likeness (QED) is 0.670. The number of rotatable bonds is 7. The summed E-state index contributed by atoms with van der Waals surface area (Å²) in [6.45, 7) is 6.89. The molecular formula is C15H22N2O4. The van der Waals surface area contributed by atoms with Crippen LogP contribution in [-0.4, -0.2) is 33.8 Å². The molecule has 0 saturated carbocycles. The van der Waals surface area contributed by atoms with Crippen LogP contribution in [-0.2, 0) is 11.2 Å². The molecular weight excluding hydrogens is 272 g/mol. The molecule has 116 valence electrons. The van der Waals surface area contributed by atoms with Crippen LogP contribution >= 0.6 is 0 Å². The zero-order valence-electron chi connectivity index (χ0n) is 12.9. The lowest BCUT2D eigenvalue weighted by Crippen LogP contribution is -2.33. The van der Waals surface area contributed by atoms with Gasteiger partial charge in [0.05, 0.1) is 0 Å². The molecule has 0 aliphatic heterocycles. The fraction of sp³-hybridized carbons (Fsp3) is 0.533. The first-order valence-electron chi connectivity index (χ1n) is 7.02. The number of aryl methyl sites for hydroxylation is 1. The summed E-state index contributed by atoms with van der Waals surface area (Å²) in [4.78, 5) is 37.4. The Bertz CT molecular complexity index is 560. The molecule has 0 aromatic carbocycles. The van der Waals surface area contributed by atoms with E-state index in [1.807, 2.05) is 6.92 Å². The van der Waals surface area contributed by atoms with Gasteiger partial charge in [0.25, 0.3) is 5.91 Å². The Morgan fingerprint density at radius 1 is 1.33 bits per heavy atom. The Balaban J connectivity index is 2.90. The van der Waals surface area contributed by atoms with Crippen molar-refractivity contribution in [2.75, 3.05) is 0 Å². The zero-order valence-corrected chi connectivity index (χ0v) is 12.9. The average Bonchev–Trinajstić information content (AvgIpc) is 2.73. The SMILES string of the molecule is CCc1c(C(=O)NC(C)CCC(=O)O)[nH]c(C)c1C(C)=O. The third kappa shape index (κ3) is 4.18. The van der Waals surface area contributed by atoms with E-state index in [1.165, 1.54) is 6.92 Å². The van der Waals surface area contributed by atoms with Crippen LogP contribution in [0.5, 0.6) is 0 Å². The van der Waals surface area contributed by atoms with Gasteiger partial charge in [0.1, 0.15) is 5.69 Å². The van der Waals surface area contributed by atoms with Gasteiger partial charge in [-0.15, -0.1) is 0 Å². The summed E-state index contributed by atoms with van der Waals surface area (Å²) in [5.74, 6) is -1.26. The molecule has 3 N–H and O–H groups in total. The van der Waals surface area contributed by atoms with Gasteiger partial charge in [0.2, 0.25) is 0 Å². The summed E-state index contributed by atoms with van der Waals surface area (Å²) in [5.41, 5.74) is 2.36. The number of carbonyl (C=O) groups is 3. The molecule has 1 aromatic rings. The number of aromatic amines is 1. The lowest BCUT2D eigenvalue weighted by atomic mass is 10.0. The Morgan fingerprint density at radius 2 is 1.95 bits per heavy atom. The molecule has 1 rings (SSSR count). The summed E-state index contributed by atoms with van der Waals surface area (Å²) in [7, 11) is 0. The van der Waals surface area contributed by atoms with Crippen molar-refractivity contribution < 1.29 is 19.5 Å². The average molecular weight is 294 g/mol. The molecule has 1 unspecified atom stereocenters. The highest BCUT2D eigenvalue weighted by molar-refractivity contribution is 6.02. The number of carbonyl (C=O) groups excluding carboxylic acids is 2. The molecule has 0 bridgehead atoms. The van der Waals surface area contributed by atoms with Gasteiger partial charge in [-0.3, -0.25) is 14.4 Å². The van der Waals surface area contributed by atoms with Crippen LogP contribution in [0.1, 0.15) is 65.7 Å². The highest BCUT2D eigenvalue weighted by atomic mass is 16.4. The monoisotopic (exact) mass is 294 g/mol. The molecule has 6 nitrogen and oxygen atoms in total. The fourth-order valence-electron chi connectivity index (χ4n) is 2.41. The van der Waals surface area contributed by atoms with Crippen LogP contribution in [0.3, 0.4) is 0 Å². The first-order chi connectivity index (χ1) is 9.77. The summed E-state index contributed by atoms with van der Waals surface area (Å²) in [6.07, 6.45) is 0.942. The van der Waals surface area contributed by atoms with E-state index in [2.05, 4.69) is 10.3 Å². The molecule has 0 aliphatic carbocycles. The lowest BCUT2D eigenvalue weighted by molar-refractivity contribution is -0.137. The standard InChI is InChI=1S/C15H22N2O4/c1-5-11-13(10(4)18)9(3)17-14(11)15(21)16-8(2)6-7-12(19)20/h8,17H,5-7H2,1-4H3,(H,16,21)(H,19,20). The number of Topliss-reactive ketones (excluding diaryl/α,β-unsaturated/α-hetero) is 1. The van der Waals surface area contributed by atoms with Gasteiger partial charge in [0.15, 0.2) is 5.78 Å². The Morgan fingerprint density at radius 3 is 2.43 bits per heavy atom. The first kappa shape index (κ1) is 16.9. The second-order valence-electron chi connectivity index (χ2n) is 5.20. The van der Waals surface area contributed by atoms with Crippen LogP contribution in [0.4, 0.5) is 0 Å². The number of carboxylic acids is 1.